The third kappa shape index (κ3) is 9.88. The normalized spacial score (nSPS) is 10.7. The third-order valence-corrected chi connectivity index (χ3v) is 7.79. The minimum absolute atomic E-state index is 0. The number of aryl methyl sites for hydroxylation is 1. The van der Waals surface area contributed by atoms with Gasteiger partial charge in [-0.2, -0.15) is 16.8 Å². The van der Waals surface area contributed by atoms with Gasteiger partial charge in [-0.3, -0.25) is 18.7 Å². The maximum Gasteiger partial charge on any atom is 0.298 e. The maximum absolute atomic E-state index is 12.4. The molecule has 0 fully saturated rings. The van der Waals surface area contributed by atoms with E-state index < -0.39 is 58.7 Å². The summed E-state index contributed by atoms with van der Waals surface area (Å²) >= 11 is 0. The summed E-state index contributed by atoms with van der Waals surface area (Å²) in [6.45, 7) is 1.72. The Morgan fingerprint density at radius 2 is 1.00 bits per heavy atom. The summed E-state index contributed by atoms with van der Waals surface area (Å²) in [5, 5.41) is 29.6. The van der Waals surface area contributed by atoms with Crippen molar-refractivity contribution >= 4 is 31.8 Å². The fraction of sp³-hybridized carbons (Fsp3) is 0.103. The molecule has 0 heterocycles. The minimum atomic E-state index is -4.67. The SMILES string of the molecule is COc1cc(O)c(C(=O)c2ccc(C)cc2O)cc1S(=O)(=O)O.COc1cc(O)c(C(=O)c2ccccc2)cc1S(=O)(=O)O.[Y].[Y]. The van der Waals surface area contributed by atoms with Gasteiger partial charge in [-0.25, -0.2) is 0 Å². The molecule has 0 amide bonds. The van der Waals surface area contributed by atoms with Crippen LogP contribution in [0.2, 0.25) is 0 Å². The molecule has 2 radical (unpaired) electrons. The van der Waals surface area contributed by atoms with Crippen LogP contribution in [0, 0.1) is 6.92 Å². The molecule has 4 aromatic rings. The third-order valence-electron chi connectivity index (χ3n) is 6.04. The van der Waals surface area contributed by atoms with Crippen molar-refractivity contribution in [1.29, 1.82) is 0 Å². The van der Waals surface area contributed by atoms with E-state index in [2.05, 4.69) is 0 Å². The number of ether oxygens (including phenoxy) is 2. The molecular formula is C29H26O13S2Y2. The smallest absolute Gasteiger partial charge is 0.298 e. The summed E-state index contributed by atoms with van der Waals surface area (Å²) in [4.78, 5) is 23.5. The molecule has 0 aromatic heterocycles. The van der Waals surface area contributed by atoms with Gasteiger partial charge in [-0.05, 0) is 36.8 Å². The zero-order chi connectivity index (χ0) is 33.0. The number of methoxy groups -OCH3 is 2. The standard InChI is InChI=1S/C15H14O7S.C14H12O6S.2Y/c1-8-3-4-9(11(16)5-8)15(18)10-6-14(23(19,20)21)13(22-2)7-12(10)17;1-20-12-8-11(15)10(7-13(12)21(17,18)19)14(16)9-5-3-2-4-6-9;;/h3-7,16-17H,1-2H3,(H,19,20,21);2-8,15H,1H3,(H,17,18,19);;. The molecule has 0 aliphatic rings. The molecule has 0 unspecified atom stereocenters. The Labute approximate surface area is 314 Å². The second kappa shape index (κ2) is 16.9. The fourth-order valence-electron chi connectivity index (χ4n) is 3.91. The van der Waals surface area contributed by atoms with E-state index in [-0.39, 0.29) is 99.4 Å². The topological polar surface area (TPSA) is 222 Å². The fourth-order valence-corrected chi connectivity index (χ4v) is 5.23. The Balaban J connectivity index is 0.000000442. The van der Waals surface area contributed by atoms with E-state index >= 15 is 0 Å². The number of hydrogen-bond acceptors (Lipinski definition) is 11. The van der Waals surface area contributed by atoms with Crippen LogP contribution in [0.5, 0.6) is 28.7 Å². The summed E-state index contributed by atoms with van der Waals surface area (Å²) in [7, 11) is -6.92. The van der Waals surface area contributed by atoms with Crippen LogP contribution in [0.4, 0.5) is 0 Å². The van der Waals surface area contributed by atoms with Crippen LogP contribution < -0.4 is 9.47 Å². The molecular weight excluding hydrogens is 798 g/mol. The zero-order valence-electron chi connectivity index (χ0n) is 24.4. The van der Waals surface area contributed by atoms with Crippen LogP contribution in [0.15, 0.2) is 82.6 Å². The Morgan fingerprint density at radius 1 is 0.587 bits per heavy atom. The first kappa shape index (κ1) is 41.3. The molecule has 4 aromatic carbocycles. The molecule has 0 atom stereocenters. The molecule has 0 bridgehead atoms. The van der Waals surface area contributed by atoms with Crippen molar-refractivity contribution < 1.29 is 126 Å². The number of benzene rings is 4. The summed E-state index contributed by atoms with van der Waals surface area (Å²) in [5.41, 5.74) is 0.250. The molecule has 0 aliphatic carbocycles. The average Bonchev–Trinajstić information content (AvgIpc) is 2.95. The number of phenolic OH excluding ortho intramolecular Hbond substituents is 3. The quantitative estimate of drug-likeness (QED) is 0.126. The van der Waals surface area contributed by atoms with E-state index in [1.807, 2.05) is 0 Å². The summed E-state index contributed by atoms with van der Waals surface area (Å²) in [6, 6.07) is 15.9. The van der Waals surface area contributed by atoms with E-state index in [0.29, 0.717) is 0 Å². The Morgan fingerprint density at radius 3 is 1.39 bits per heavy atom. The van der Waals surface area contributed by atoms with E-state index in [9.17, 15) is 46.3 Å². The van der Waals surface area contributed by atoms with Crippen LogP contribution in [0.25, 0.3) is 0 Å². The summed E-state index contributed by atoms with van der Waals surface area (Å²) in [6.07, 6.45) is 0. The van der Waals surface area contributed by atoms with Gasteiger partial charge >= 0.3 is 0 Å². The first-order chi connectivity index (χ1) is 20.5. The predicted molar refractivity (Wildman–Crippen MR) is 155 cm³/mol. The molecule has 0 saturated carbocycles. The van der Waals surface area contributed by atoms with Crippen molar-refractivity contribution in [2.45, 2.75) is 16.7 Å². The van der Waals surface area contributed by atoms with Crippen molar-refractivity contribution in [2.24, 2.45) is 0 Å². The second-order valence-corrected chi connectivity index (χ2v) is 11.8. The van der Waals surface area contributed by atoms with Gasteiger partial charge in [-0.1, -0.05) is 36.4 Å². The number of hydrogen-bond donors (Lipinski definition) is 5. The number of aromatic hydroxyl groups is 3. The first-order valence-corrected chi connectivity index (χ1v) is 15.1. The predicted octanol–water partition coefficient (Wildman–Crippen LogP) is 3.77. The zero-order valence-corrected chi connectivity index (χ0v) is 31.7. The molecule has 0 saturated heterocycles. The van der Waals surface area contributed by atoms with Gasteiger partial charge in [0.25, 0.3) is 20.2 Å². The minimum Gasteiger partial charge on any atom is -0.507 e. The molecule has 238 valence electrons. The first-order valence-electron chi connectivity index (χ1n) is 12.2. The monoisotopic (exact) mass is 824 g/mol. The maximum atomic E-state index is 12.4. The van der Waals surface area contributed by atoms with Crippen molar-refractivity contribution in [2.75, 3.05) is 14.2 Å². The van der Waals surface area contributed by atoms with Crippen LogP contribution in [0.3, 0.4) is 0 Å². The number of carbonyl (C=O) groups excluding carboxylic acids is 2. The van der Waals surface area contributed by atoms with E-state index in [1.165, 1.54) is 31.4 Å². The van der Waals surface area contributed by atoms with Gasteiger partial charge < -0.3 is 24.8 Å². The number of rotatable bonds is 8. The molecule has 5 N–H and O–H groups in total. The molecule has 0 spiro atoms. The van der Waals surface area contributed by atoms with Crippen molar-refractivity contribution in [3.8, 4) is 28.7 Å². The van der Waals surface area contributed by atoms with Gasteiger partial charge in [0.05, 0.1) is 30.9 Å². The molecule has 13 nitrogen and oxygen atoms in total. The number of phenols is 3. The van der Waals surface area contributed by atoms with Gasteiger partial charge in [0.2, 0.25) is 5.78 Å². The van der Waals surface area contributed by atoms with Crippen molar-refractivity contribution in [1.82, 2.24) is 0 Å². The van der Waals surface area contributed by atoms with Crippen LogP contribution in [0.1, 0.15) is 37.4 Å². The number of ketones is 2. The number of carbonyl (C=O) groups is 2. The van der Waals surface area contributed by atoms with E-state index in [4.69, 9.17) is 14.0 Å². The largest absolute Gasteiger partial charge is 0.507 e. The summed E-state index contributed by atoms with van der Waals surface area (Å²) < 4.78 is 73.3. The van der Waals surface area contributed by atoms with E-state index in [0.717, 1.165) is 36.9 Å². The van der Waals surface area contributed by atoms with Gasteiger partial charge in [0.1, 0.15) is 38.5 Å². The molecule has 0 aliphatic heterocycles. The Hall–Kier alpha value is -2.75. The average molecular weight is 824 g/mol. The van der Waals surface area contributed by atoms with Crippen LogP contribution in [-0.4, -0.2) is 67.0 Å². The molecule has 46 heavy (non-hydrogen) atoms. The second-order valence-electron chi connectivity index (χ2n) is 9.04. The van der Waals surface area contributed by atoms with Crippen LogP contribution in [-0.2, 0) is 85.7 Å². The van der Waals surface area contributed by atoms with Crippen molar-refractivity contribution in [3.05, 3.63) is 101 Å². The van der Waals surface area contributed by atoms with Crippen molar-refractivity contribution in [3.63, 3.8) is 0 Å². The van der Waals surface area contributed by atoms with E-state index in [1.54, 1.807) is 31.2 Å². The van der Waals surface area contributed by atoms with Gasteiger partial charge in [-0.15, -0.1) is 0 Å². The van der Waals surface area contributed by atoms with Gasteiger partial charge in [0.15, 0.2) is 5.78 Å². The summed E-state index contributed by atoms with van der Waals surface area (Å²) in [5.74, 6) is -3.21. The van der Waals surface area contributed by atoms with Crippen LogP contribution >= 0.6 is 0 Å². The Bertz CT molecular complexity index is 1960. The van der Waals surface area contributed by atoms with Gasteiger partial charge in [0, 0.05) is 83.1 Å². The molecule has 17 heteroatoms. The molecule has 4 rings (SSSR count). The Kier molecular flexibility index (Phi) is 15.1.